The van der Waals surface area contributed by atoms with E-state index in [1.807, 2.05) is 13.8 Å². The lowest BCUT2D eigenvalue weighted by Crippen LogP contribution is -2.34. The van der Waals surface area contributed by atoms with Gasteiger partial charge in [0.1, 0.15) is 17.1 Å². The fraction of sp³-hybridized carbons (Fsp3) is 0.348. The molecule has 1 saturated carbocycles. The number of aliphatic hydroxyl groups is 1. The predicted octanol–water partition coefficient (Wildman–Crippen LogP) is 4.01. The zero-order valence-electron chi connectivity index (χ0n) is 19.1. The third-order valence-corrected chi connectivity index (χ3v) is 6.28. The molecule has 0 radical (unpaired) electrons. The van der Waals surface area contributed by atoms with E-state index in [1.54, 1.807) is 42.1 Å². The van der Waals surface area contributed by atoms with Crippen molar-refractivity contribution in [1.82, 2.24) is 5.32 Å². The van der Waals surface area contributed by atoms with Crippen molar-refractivity contribution in [2.24, 2.45) is 16.6 Å². The number of hydrogen-bond acceptors (Lipinski definition) is 7. The summed E-state index contributed by atoms with van der Waals surface area (Å²) < 4.78 is 5.22. The molecular formula is C23H32N5O3PS. The molecule has 1 aliphatic carbocycles. The monoisotopic (exact) mass is 489 g/mol. The lowest BCUT2D eigenvalue weighted by atomic mass is 10.1. The summed E-state index contributed by atoms with van der Waals surface area (Å²) in [7, 11) is 1.54. The van der Waals surface area contributed by atoms with Crippen LogP contribution in [-0.2, 0) is 9.32 Å². The van der Waals surface area contributed by atoms with Crippen molar-refractivity contribution in [1.29, 1.82) is 5.41 Å². The van der Waals surface area contributed by atoms with Gasteiger partial charge >= 0.3 is 0 Å². The Morgan fingerprint density at radius 2 is 2.09 bits per heavy atom. The molecule has 1 heterocycles. The molecule has 0 saturated heterocycles. The van der Waals surface area contributed by atoms with Crippen LogP contribution in [0.1, 0.15) is 38.7 Å². The number of nitrogen functional groups attached to an aromatic ring is 1. The van der Waals surface area contributed by atoms with Crippen molar-refractivity contribution in [3.05, 3.63) is 51.9 Å². The fourth-order valence-corrected chi connectivity index (χ4v) is 4.26. The number of amidine groups is 1. The van der Waals surface area contributed by atoms with E-state index in [-0.39, 0.29) is 25.9 Å². The zero-order chi connectivity index (χ0) is 24.4. The Hall–Kier alpha value is -2.74. The van der Waals surface area contributed by atoms with Crippen LogP contribution < -0.4 is 22.1 Å². The number of amides is 1. The van der Waals surface area contributed by atoms with E-state index < -0.39 is 11.7 Å². The van der Waals surface area contributed by atoms with Gasteiger partial charge in [0.15, 0.2) is 5.76 Å². The lowest BCUT2D eigenvalue weighted by molar-refractivity contribution is -0.117. The number of aliphatic imine (C=N–C) groups is 1. The maximum atomic E-state index is 12.9. The number of nitrogens with two attached hydrogens (primary N) is 2. The topological polar surface area (TPSA) is 147 Å². The average molecular weight is 490 g/mol. The van der Waals surface area contributed by atoms with E-state index in [0.717, 1.165) is 6.42 Å². The number of hydrogen-bond donors (Lipinski definition) is 5. The third-order valence-electron chi connectivity index (χ3n) is 4.78. The number of allylic oxidation sites excluding steroid dienone is 1. The first kappa shape index (κ1) is 26.5. The van der Waals surface area contributed by atoms with Crippen LogP contribution in [0.3, 0.4) is 0 Å². The molecule has 1 aliphatic rings. The van der Waals surface area contributed by atoms with Crippen molar-refractivity contribution < 1.29 is 14.4 Å². The third kappa shape index (κ3) is 7.67. The minimum absolute atomic E-state index is 0.0168. The molecule has 0 bridgehead atoms. The molecule has 33 heavy (non-hydrogen) atoms. The van der Waals surface area contributed by atoms with Gasteiger partial charge in [-0.15, -0.1) is 0 Å². The highest BCUT2D eigenvalue weighted by molar-refractivity contribution is 7.42. The summed E-state index contributed by atoms with van der Waals surface area (Å²) in [6, 6.07) is 6.76. The number of benzene rings is 1. The summed E-state index contributed by atoms with van der Waals surface area (Å²) >= 11 is 1.39. The number of nitrogens with one attached hydrogen (secondary N) is 2. The van der Waals surface area contributed by atoms with Gasteiger partial charge < -0.3 is 26.4 Å². The summed E-state index contributed by atoms with van der Waals surface area (Å²) in [5.41, 5.74) is 13.2. The Bertz CT molecular complexity index is 1020. The largest absolute Gasteiger partial charge is 0.505 e. The quantitative estimate of drug-likeness (QED) is 0.0854. The molecule has 0 aliphatic heterocycles. The Morgan fingerprint density at radius 1 is 1.36 bits per heavy atom. The highest BCUT2D eigenvalue weighted by Crippen LogP contribution is 2.31. The maximum absolute atomic E-state index is 12.9. The Labute approximate surface area is 200 Å². The zero-order valence-corrected chi connectivity index (χ0v) is 21.0. The summed E-state index contributed by atoms with van der Waals surface area (Å²) in [4.78, 5) is 17.3. The maximum Gasteiger partial charge on any atom is 0.258 e. The number of nitrogens with zero attached hydrogens (tertiary/aromatic N) is 1. The second-order valence-corrected chi connectivity index (χ2v) is 9.11. The number of aliphatic hydroxyl groups excluding tert-OH is 1. The van der Waals surface area contributed by atoms with Crippen molar-refractivity contribution in [3.63, 3.8) is 0 Å². The van der Waals surface area contributed by atoms with E-state index >= 15 is 0 Å². The van der Waals surface area contributed by atoms with Crippen molar-refractivity contribution in [2.75, 3.05) is 19.4 Å². The molecule has 1 aromatic carbocycles. The molecule has 2 aromatic rings. The smallest absolute Gasteiger partial charge is 0.258 e. The predicted molar refractivity (Wildman–Crippen MR) is 140 cm³/mol. The molecule has 1 amide bonds. The lowest BCUT2D eigenvalue weighted by Gasteiger charge is -2.13. The van der Waals surface area contributed by atoms with Crippen molar-refractivity contribution >= 4 is 54.3 Å². The Kier molecular flexibility index (Phi) is 10.5. The van der Waals surface area contributed by atoms with Gasteiger partial charge in [-0.05, 0) is 42.0 Å². The van der Waals surface area contributed by atoms with E-state index in [1.165, 1.54) is 24.2 Å². The molecule has 8 nitrogen and oxygen atoms in total. The SMILES string of the molecule is CC.COPc1cc(N)ccc1N=C(N)/C(C(=O)NCCC1CC1)=C(\O)C(=N)c1ccsc1. The van der Waals surface area contributed by atoms with Gasteiger partial charge in [0.2, 0.25) is 0 Å². The van der Waals surface area contributed by atoms with Crippen LogP contribution in [0.4, 0.5) is 11.4 Å². The number of carbonyl (C=O) groups is 1. The Balaban J connectivity index is 0.00000187. The van der Waals surface area contributed by atoms with Gasteiger partial charge in [-0.1, -0.05) is 26.7 Å². The van der Waals surface area contributed by atoms with Gasteiger partial charge in [0, 0.05) is 44.4 Å². The summed E-state index contributed by atoms with van der Waals surface area (Å²) in [5, 5.41) is 26.1. The molecular weight excluding hydrogens is 457 g/mol. The van der Waals surface area contributed by atoms with Crippen LogP contribution in [-0.4, -0.2) is 36.2 Å². The summed E-state index contributed by atoms with van der Waals surface area (Å²) in [5.74, 6) is -0.627. The molecule has 0 spiro atoms. The van der Waals surface area contributed by atoms with Gasteiger partial charge in [0.25, 0.3) is 5.91 Å². The number of carbonyl (C=O) groups excluding carboxylic acids is 1. The van der Waals surface area contributed by atoms with Crippen LogP contribution in [0.15, 0.2) is 51.4 Å². The minimum Gasteiger partial charge on any atom is -0.505 e. The van der Waals surface area contributed by atoms with E-state index in [0.29, 0.717) is 34.7 Å². The van der Waals surface area contributed by atoms with E-state index in [4.69, 9.17) is 21.4 Å². The normalized spacial score (nSPS) is 14.5. The van der Waals surface area contributed by atoms with E-state index in [9.17, 15) is 9.90 Å². The van der Waals surface area contributed by atoms with Crippen LogP contribution in [0.5, 0.6) is 0 Å². The first-order chi connectivity index (χ1) is 15.9. The Morgan fingerprint density at radius 3 is 2.70 bits per heavy atom. The molecule has 1 unspecified atom stereocenters. The van der Waals surface area contributed by atoms with Crippen LogP contribution in [0, 0.1) is 11.3 Å². The minimum atomic E-state index is -0.564. The molecule has 3 rings (SSSR count). The molecule has 1 aromatic heterocycles. The second kappa shape index (κ2) is 13.1. The summed E-state index contributed by atoms with van der Waals surface area (Å²) in [6.45, 7) is 4.47. The van der Waals surface area contributed by atoms with Crippen molar-refractivity contribution in [3.8, 4) is 0 Å². The average Bonchev–Trinajstić information content (AvgIpc) is 3.46. The van der Waals surface area contributed by atoms with Crippen molar-refractivity contribution in [2.45, 2.75) is 33.1 Å². The standard InChI is InChI=1S/C21H26N5O3PS.C2H6/c1-29-30-16-10-14(22)4-5-15(16)26-20(24)17(21(28)25-8-6-12-2-3-12)19(27)18(23)13-7-9-31-11-13;1-2/h4-5,7,9-12,23,27,30H,2-3,6,8,22H2,1H3,(H2,24,26)(H,25,28);1-2H3/b19-17+,23-18?;. The molecule has 1 atom stereocenters. The number of thiophene rings is 1. The molecule has 178 valence electrons. The molecule has 10 heteroatoms. The number of anilines is 1. The molecule has 1 fully saturated rings. The van der Waals surface area contributed by atoms with Crippen LogP contribution in [0.2, 0.25) is 0 Å². The second-order valence-electron chi connectivity index (χ2n) is 7.18. The van der Waals surface area contributed by atoms with Crippen LogP contribution in [0.25, 0.3) is 0 Å². The first-order valence-corrected chi connectivity index (χ1v) is 12.6. The summed E-state index contributed by atoms with van der Waals surface area (Å²) in [6.07, 6.45) is 3.22. The molecule has 7 N–H and O–H groups in total. The number of rotatable bonds is 10. The van der Waals surface area contributed by atoms with Gasteiger partial charge in [-0.2, -0.15) is 11.3 Å². The van der Waals surface area contributed by atoms with Gasteiger partial charge in [-0.3, -0.25) is 10.2 Å². The fourth-order valence-electron chi connectivity index (χ4n) is 2.93. The highest BCUT2D eigenvalue weighted by atomic mass is 32.1. The van der Waals surface area contributed by atoms with Gasteiger partial charge in [-0.25, -0.2) is 4.99 Å². The van der Waals surface area contributed by atoms with Crippen LogP contribution >= 0.6 is 20.1 Å². The highest BCUT2D eigenvalue weighted by Gasteiger charge is 2.25. The first-order valence-electron chi connectivity index (χ1n) is 10.8. The van der Waals surface area contributed by atoms with Gasteiger partial charge in [0.05, 0.1) is 5.69 Å². The van der Waals surface area contributed by atoms with E-state index in [2.05, 4.69) is 10.3 Å².